The molecule has 1 heterocycles. The van der Waals surface area contributed by atoms with Gasteiger partial charge in [0.25, 0.3) is 0 Å². The van der Waals surface area contributed by atoms with Gasteiger partial charge >= 0.3 is 5.97 Å². The molecule has 0 amide bonds. The molecule has 0 aromatic heterocycles. The van der Waals surface area contributed by atoms with Crippen LogP contribution < -0.4 is 5.73 Å². The Hall–Kier alpha value is -1.12. The lowest BCUT2D eigenvalue weighted by Gasteiger charge is -2.30. The molecule has 0 spiro atoms. The summed E-state index contributed by atoms with van der Waals surface area (Å²) in [6, 6.07) is 4.61. The summed E-state index contributed by atoms with van der Waals surface area (Å²) in [6.07, 6.45) is 0.941. The van der Waals surface area contributed by atoms with Crippen LogP contribution in [0.3, 0.4) is 0 Å². The Bertz CT molecular complexity index is 640. The molecular weight excluding hydrogens is 360 g/mol. The van der Waals surface area contributed by atoms with Gasteiger partial charge in [0.2, 0.25) is 10.0 Å². The van der Waals surface area contributed by atoms with Gasteiger partial charge in [0, 0.05) is 23.2 Å². The van der Waals surface area contributed by atoms with Gasteiger partial charge in [-0.1, -0.05) is 0 Å². The number of ether oxygens (including phenoxy) is 1. The molecule has 0 bridgehead atoms. The molecule has 2 N–H and O–H groups in total. The maximum atomic E-state index is 12.6. The first-order valence-electron chi connectivity index (χ1n) is 6.49. The average Bonchev–Trinajstić information content (AvgIpc) is 2.46. The number of carbonyl (C=O) groups is 1. The van der Waals surface area contributed by atoms with Gasteiger partial charge in [-0.15, -0.1) is 0 Å². The highest BCUT2D eigenvalue weighted by atomic mass is 79.9. The fraction of sp³-hybridized carbons (Fsp3) is 0.462. The van der Waals surface area contributed by atoms with E-state index in [-0.39, 0.29) is 16.8 Å². The van der Waals surface area contributed by atoms with E-state index >= 15 is 0 Å². The third-order valence-electron chi connectivity index (χ3n) is 3.56. The smallest absolute Gasteiger partial charge is 0.308 e. The Balaban J connectivity index is 2.17. The molecule has 1 aromatic rings. The lowest BCUT2D eigenvalue weighted by Crippen LogP contribution is -2.40. The zero-order valence-corrected chi connectivity index (χ0v) is 14.0. The largest absolute Gasteiger partial charge is 0.469 e. The standard InChI is InChI=1S/C13H17BrN2O4S/c1-20-13(17)9-4-6-16(7-5-9)21(18,19)12-3-2-10(15)8-11(12)14/h2-3,8-9H,4-7,15H2,1H3. The van der Waals surface area contributed by atoms with Crippen LogP contribution in [0, 0.1) is 5.92 Å². The summed E-state index contributed by atoms with van der Waals surface area (Å²) in [6.45, 7) is 0.609. The summed E-state index contributed by atoms with van der Waals surface area (Å²) in [5.74, 6) is -0.503. The van der Waals surface area contributed by atoms with E-state index < -0.39 is 10.0 Å². The van der Waals surface area contributed by atoms with E-state index in [1.807, 2.05) is 0 Å². The predicted octanol–water partition coefficient (Wildman–Crippen LogP) is 1.60. The quantitative estimate of drug-likeness (QED) is 0.639. The van der Waals surface area contributed by atoms with Crippen molar-refractivity contribution in [3.8, 4) is 0 Å². The maximum Gasteiger partial charge on any atom is 0.308 e. The van der Waals surface area contributed by atoms with Gasteiger partial charge in [-0.05, 0) is 47.0 Å². The number of halogens is 1. The third kappa shape index (κ3) is 3.38. The number of sulfonamides is 1. The van der Waals surface area contributed by atoms with Crippen molar-refractivity contribution >= 4 is 37.6 Å². The Kier molecular flexibility index (Phi) is 4.90. The molecule has 8 heteroatoms. The molecule has 0 unspecified atom stereocenters. The van der Waals surface area contributed by atoms with Crippen LogP contribution in [-0.2, 0) is 19.6 Å². The monoisotopic (exact) mass is 376 g/mol. The highest BCUT2D eigenvalue weighted by Gasteiger charge is 2.33. The van der Waals surface area contributed by atoms with Crippen molar-refractivity contribution in [2.24, 2.45) is 5.92 Å². The van der Waals surface area contributed by atoms with Gasteiger partial charge in [-0.3, -0.25) is 4.79 Å². The zero-order valence-electron chi connectivity index (χ0n) is 11.6. The number of nitrogens with two attached hydrogens (primary N) is 1. The van der Waals surface area contributed by atoms with E-state index in [4.69, 9.17) is 10.5 Å². The number of piperidine rings is 1. The number of nitrogen functional groups attached to an aromatic ring is 1. The molecule has 6 nitrogen and oxygen atoms in total. The third-order valence-corrected chi connectivity index (χ3v) is 6.44. The van der Waals surface area contributed by atoms with Crippen LogP contribution in [-0.4, -0.2) is 38.9 Å². The predicted molar refractivity (Wildman–Crippen MR) is 82.1 cm³/mol. The van der Waals surface area contributed by atoms with E-state index in [0.29, 0.717) is 36.1 Å². The molecule has 1 fully saturated rings. The molecule has 2 rings (SSSR count). The second-order valence-corrected chi connectivity index (χ2v) is 7.65. The normalized spacial score (nSPS) is 17.6. The van der Waals surface area contributed by atoms with E-state index in [1.165, 1.54) is 17.5 Å². The van der Waals surface area contributed by atoms with Crippen molar-refractivity contribution < 1.29 is 17.9 Å². The van der Waals surface area contributed by atoms with Crippen LogP contribution in [0.25, 0.3) is 0 Å². The van der Waals surface area contributed by atoms with Gasteiger partial charge in [-0.2, -0.15) is 4.31 Å². The zero-order chi connectivity index (χ0) is 15.6. The number of carbonyl (C=O) groups excluding carboxylic acids is 1. The fourth-order valence-electron chi connectivity index (χ4n) is 2.36. The first-order chi connectivity index (χ1) is 9.86. The fourth-order valence-corrected chi connectivity index (χ4v) is 4.89. The minimum absolute atomic E-state index is 0.188. The molecule has 1 saturated heterocycles. The Morgan fingerprint density at radius 3 is 2.52 bits per heavy atom. The highest BCUT2D eigenvalue weighted by Crippen LogP contribution is 2.30. The SMILES string of the molecule is COC(=O)C1CCN(S(=O)(=O)c2ccc(N)cc2Br)CC1. The number of anilines is 1. The molecule has 0 atom stereocenters. The summed E-state index contributed by atoms with van der Waals surface area (Å²) in [4.78, 5) is 11.7. The van der Waals surface area contributed by atoms with Crippen molar-refractivity contribution in [3.63, 3.8) is 0 Å². The molecular formula is C13H17BrN2O4S. The number of rotatable bonds is 3. The van der Waals surface area contributed by atoms with Crippen molar-refractivity contribution in [2.45, 2.75) is 17.7 Å². The van der Waals surface area contributed by atoms with Gasteiger partial charge < -0.3 is 10.5 Å². The minimum Gasteiger partial charge on any atom is -0.469 e. The summed E-state index contributed by atoms with van der Waals surface area (Å²) >= 11 is 3.24. The van der Waals surface area contributed by atoms with Crippen molar-refractivity contribution in [1.82, 2.24) is 4.31 Å². The van der Waals surface area contributed by atoms with Crippen LogP contribution in [0.1, 0.15) is 12.8 Å². The van der Waals surface area contributed by atoms with Crippen LogP contribution in [0.4, 0.5) is 5.69 Å². The van der Waals surface area contributed by atoms with E-state index in [1.54, 1.807) is 12.1 Å². The van der Waals surface area contributed by atoms with Gasteiger partial charge in [-0.25, -0.2) is 8.42 Å². The van der Waals surface area contributed by atoms with E-state index in [9.17, 15) is 13.2 Å². The van der Waals surface area contributed by atoms with Crippen LogP contribution in [0.15, 0.2) is 27.6 Å². The van der Waals surface area contributed by atoms with Crippen LogP contribution >= 0.6 is 15.9 Å². The van der Waals surface area contributed by atoms with Gasteiger partial charge in [0.05, 0.1) is 17.9 Å². The van der Waals surface area contributed by atoms with E-state index in [0.717, 1.165) is 0 Å². The number of hydrogen-bond donors (Lipinski definition) is 1. The Morgan fingerprint density at radius 1 is 1.38 bits per heavy atom. The number of esters is 1. The number of methoxy groups -OCH3 is 1. The molecule has 116 valence electrons. The maximum absolute atomic E-state index is 12.6. The molecule has 21 heavy (non-hydrogen) atoms. The van der Waals surface area contributed by atoms with E-state index in [2.05, 4.69) is 15.9 Å². The first kappa shape index (κ1) is 16.3. The van der Waals surface area contributed by atoms with Crippen LogP contribution in [0.5, 0.6) is 0 Å². The molecule has 1 aliphatic rings. The molecule has 0 aliphatic carbocycles. The van der Waals surface area contributed by atoms with Gasteiger partial charge in [0.1, 0.15) is 0 Å². The molecule has 1 aromatic carbocycles. The highest BCUT2D eigenvalue weighted by molar-refractivity contribution is 9.10. The summed E-state index contributed by atoms with van der Waals surface area (Å²) < 4.78 is 31.7. The number of nitrogens with zero attached hydrogens (tertiary/aromatic N) is 1. The lowest BCUT2D eigenvalue weighted by molar-refractivity contribution is -0.146. The topological polar surface area (TPSA) is 89.7 Å². The average molecular weight is 377 g/mol. The second kappa shape index (κ2) is 6.33. The van der Waals surface area contributed by atoms with Crippen molar-refractivity contribution in [2.75, 3.05) is 25.9 Å². The summed E-state index contributed by atoms with van der Waals surface area (Å²) in [7, 11) is -2.24. The number of hydrogen-bond acceptors (Lipinski definition) is 5. The first-order valence-corrected chi connectivity index (χ1v) is 8.72. The number of benzene rings is 1. The summed E-state index contributed by atoms with van der Waals surface area (Å²) in [5.41, 5.74) is 6.12. The minimum atomic E-state index is -3.59. The second-order valence-electron chi connectivity index (χ2n) is 4.89. The Morgan fingerprint density at radius 2 is 2.00 bits per heavy atom. The molecule has 1 aliphatic heterocycles. The van der Waals surface area contributed by atoms with Crippen molar-refractivity contribution in [3.05, 3.63) is 22.7 Å². The molecule has 0 saturated carbocycles. The van der Waals surface area contributed by atoms with Crippen LogP contribution in [0.2, 0.25) is 0 Å². The van der Waals surface area contributed by atoms with Crippen molar-refractivity contribution in [1.29, 1.82) is 0 Å². The van der Waals surface area contributed by atoms with Gasteiger partial charge in [0.15, 0.2) is 0 Å². The Labute approximate surface area is 132 Å². The summed E-state index contributed by atoms with van der Waals surface area (Å²) in [5, 5.41) is 0. The molecule has 0 radical (unpaired) electrons. The lowest BCUT2D eigenvalue weighted by atomic mass is 9.99.